The van der Waals surface area contributed by atoms with Gasteiger partial charge in [0.1, 0.15) is 0 Å². The first-order chi connectivity index (χ1) is 13.0. The van der Waals surface area contributed by atoms with Gasteiger partial charge in [-0.2, -0.15) is 0 Å². The molecule has 0 aliphatic heterocycles. The fourth-order valence-corrected chi connectivity index (χ4v) is 2.89. The highest BCUT2D eigenvalue weighted by molar-refractivity contribution is 6.31. The van der Waals surface area contributed by atoms with Crippen LogP contribution in [-0.4, -0.2) is 16.3 Å². The molecule has 0 radical (unpaired) electrons. The van der Waals surface area contributed by atoms with Crippen LogP contribution in [0.3, 0.4) is 0 Å². The second-order valence-electron chi connectivity index (χ2n) is 6.03. The number of nitrogens with zero attached hydrogens (tertiary/aromatic N) is 1. The van der Waals surface area contributed by atoms with Crippen molar-refractivity contribution < 1.29 is 9.59 Å². The number of anilines is 1. The zero-order valence-corrected chi connectivity index (χ0v) is 15.4. The fraction of sp³-hybridized carbons (Fsp3) is 0.0952. The SMILES string of the molecule is CC(=O)c1ccccc1NC(=O)c1ccc(=O)n(Cc2ccccc2Cl)c1. The molecule has 1 heterocycles. The summed E-state index contributed by atoms with van der Waals surface area (Å²) >= 11 is 6.16. The quantitative estimate of drug-likeness (QED) is 0.680. The van der Waals surface area contributed by atoms with Crippen LogP contribution in [0, 0.1) is 0 Å². The first-order valence-electron chi connectivity index (χ1n) is 8.31. The molecule has 0 bridgehead atoms. The minimum atomic E-state index is -0.406. The fourth-order valence-electron chi connectivity index (χ4n) is 2.69. The van der Waals surface area contributed by atoms with Crippen LogP contribution in [0.1, 0.15) is 33.2 Å². The Morgan fingerprint density at radius 2 is 1.70 bits per heavy atom. The molecule has 0 atom stereocenters. The second-order valence-corrected chi connectivity index (χ2v) is 6.44. The molecular formula is C21H17ClN2O3. The Kier molecular flexibility index (Phi) is 5.52. The number of carbonyl (C=O) groups excluding carboxylic acids is 2. The minimum Gasteiger partial charge on any atom is -0.321 e. The molecule has 136 valence electrons. The van der Waals surface area contributed by atoms with Crippen molar-refractivity contribution in [2.45, 2.75) is 13.5 Å². The molecule has 0 spiro atoms. The number of carbonyl (C=O) groups is 2. The zero-order valence-electron chi connectivity index (χ0n) is 14.6. The molecule has 0 unspecified atom stereocenters. The number of halogens is 1. The summed E-state index contributed by atoms with van der Waals surface area (Å²) in [6, 6.07) is 16.8. The van der Waals surface area contributed by atoms with Crippen molar-refractivity contribution >= 4 is 29.0 Å². The number of aromatic nitrogens is 1. The lowest BCUT2D eigenvalue weighted by atomic mass is 10.1. The molecule has 3 rings (SSSR count). The Morgan fingerprint density at radius 3 is 2.44 bits per heavy atom. The Bertz CT molecular complexity index is 1070. The average molecular weight is 381 g/mol. The third-order valence-corrected chi connectivity index (χ3v) is 4.47. The molecule has 6 heteroatoms. The topological polar surface area (TPSA) is 68.2 Å². The van der Waals surface area contributed by atoms with E-state index in [1.807, 2.05) is 18.2 Å². The molecule has 1 N–H and O–H groups in total. The van der Waals surface area contributed by atoms with E-state index in [4.69, 9.17) is 11.6 Å². The first kappa shape index (κ1) is 18.6. The molecule has 27 heavy (non-hydrogen) atoms. The van der Waals surface area contributed by atoms with E-state index in [0.717, 1.165) is 5.56 Å². The van der Waals surface area contributed by atoms with Gasteiger partial charge < -0.3 is 9.88 Å². The van der Waals surface area contributed by atoms with Gasteiger partial charge in [0.25, 0.3) is 11.5 Å². The minimum absolute atomic E-state index is 0.144. The van der Waals surface area contributed by atoms with Crippen LogP contribution in [-0.2, 0) is 6.54 Å². The van der Waals surface area contributed by atoms with Crippen molar-refractivity contribution in [3.8, 4) is 0 Å². The number of nitrogens with one attached hydrogen (secondary N) is 1. The highest BCUT2D eigenvalue weighted by Gasteiger charge is 2.13. The summed E-state index contributed by atoms with van der Waals surface area (Å²) in [7, 11) is 0. The molecule has 0 aliphatic rings. The summed E-state index contributed by atoms with van der Waals surface area (Å²) in [6.07, 6.45) is 1.48. The Balaban J connectivity index is 1.88. The third-order valence-electron chi connectivity index (χ3n) is 4.10. The third kappa shape index (κ3) is 4.33. The van der Waals surface area contributed by atoms with Gasteiger partial charge in [-0.1, -0.05) is 41.9 Å². The van der Waals surface area contributed by atoms with Crippen molar-refractivity contribution in [3.05, 3.63) is 98.9 Å². The number of benzene rings is 2. The van der Waals surface area contributed by atoms with Crippen LogP contribution in [0.2, 0.25) is 5.02 Å². The van der Waals surface area contributed by atoms with Crippen molar-refractivity contribution in [2.75, 3.05) is 5.32 Å². The van der Waals surface area contributed by atoms with E-state index in [1.54, 1.807) is 30.3 Å². The lowest BCUT2D eigenvalue weighted by Gasteiger charge is -2.11. The molecule has 5 nitrogen and oxygen atoms in total. The molecule has 3 aromatic rings. The van der Waals surface area contributed by atoms with E-state index < -0.39 is 5.91 Å². The first-order valence-corrected chi connectivity index (χ1v) is 8.68. The molecule has 0 saturated heterocycles. The van der Waals surface area contributed by atoms with E-state index >= 15 is 0 Å². The molecule has 1 amide bonds. The van der Waals surface area contributed by atoms with Crippen molar-refractivity contribution in [1.29, 1.82) is 0 Å². The number of pyridine rings is 1. The monoisotopic (exact) mass is 380 g/mol. The second kappa shape index (κ2) is 8.01. The summed E-state index contributed by atoms with van der Waals surface area (Å²) < 4.78 is 1.42. The van der Waals surface area contributed by atoms with Crippen LogP contribution < -0.4 is 10.9 Å². The summed E-state index contributed by atoms with van der Waals surface area (Å²) in [5.41, 5.74) is 1.70. The highest BCUT2D eigenvalue weighted by Crippen LogP contribution is 2.18. The van der Waals surface area contributed by atoms with Crippen LogP contribution in [0.15, 0.2) is 71.7 Å². The molecule has 0 saturated carbocycles. The van der Waals surface area contributed by atoms with Gasteiger partial charge in [0.05, 0.1) is 17.8 Å². The number of hydrogen-bond donors (Lipinski definition) is 1. The smallest absolute Gasteiger partial charge is 0.257 e. The number of ketones is 1. The normalized spacial score (nSPS) is 10.4. The van der Waals surface area contributed by atoms with Gasteiger partial charge in [0.15, 0.2) is 5.78 Å². The largest absolute Gasteiger partial charge is 0.321 e. The van der Waals surface area contributed by atoms with E-state index in [0.29, 0.717) is 21.8 Å². The van der Waals surface area contributed by atoms with Gasteiger partial charge >= 0.3 is 0 Å². The summed E-state index contributed by atoms with van der Waals surface area (Å²) in [6.45, 7) is 1.69. The number of Topliss-reactive ketones (excluding diaryl/α,β-unsaturated/α-hetero) is 1. The maximum atomic E-state index is 12.6. The highest BCUT2D eigenvalue weighted by atomic mass is 35.5. The number of para-hydroxylation sites is 1. The molecular weight excluding hydrogens is 364 g/mol. The van der Waals surface area contributed by atoms with Crippen LogP contribution in [0.25, 0.3) is 0 Å². The maximum absolute atomic E-state index is 12.6. The number of amides is 1. The summed E-state index contributed by atoms with van der Waals surface area (Å²) in [5, 5.41) is 3.28. The van der Waals surface area contributed by atoms with Gasteiger partial charge in [0, 0.05) is 22.8 Å². The van der Waals surface area contributed by atoms with Gasteiger partial charge in [-0.25, -0.2) is 0 Å². The molecule has 1 aromatic heterocycles. The van der Waals surface area contributed by atoms with Crippen LogP contribution in [0.5, 0.6) is 0 Å². The van der Waals surface area contributed by atoms with Gasteiger partial charge in [0.2, 0.25) is 0 Å². The average Bonchev–Trinajstić information content (AvgIpc) is 2.65. The lowest BCUT2D eigenvalue weighted by Crippen LogP contribution is -2.23. The molecule has 0 aliphatic carbocycles. The van der Waals surface area contributed by atoms with Crippen LogP contribution >= 0.6 is 11.6 Å². The van der Waals surface area contributed by atoms with E-state index in [1.165, 1.54) is 29.8 Å². The standard InChI is InChI=1S/C21H17ClN2O3/c1-14(25)17-7-3-5-9-19(17)23-21(27)16-10-11-20(26)24(13-16)12-15-6-2-4-8-18(15)22/h2-11,13H,12H2,1H3,(H,23,27). The maximum Gasteiger partial charge on any atom is 0.257 e. The van der Waals surface area contributed by atoms with Crippen molar-refractivity contribution in [2.24, 2.45) is 0 Å². The van der Waals surface area contributed by atoms with Crippen molar-refractivity contribution in [1.82, 2.24) is 4.57 Å². The predicted octanol–water partition coefficient (Wildman–Crippen LogP) is 4.00. The number of hydrogen-bond acceptors (Lipinski definition) is 3. The number of rotatable bonds is 5. The Labute approximate surface area is 161 Å². The summed E-state index contributed by atoms with van der Waals surface area (Å²) in [5.74, 6) is -0.550. The zero-order chi connectivity index (χ0) is 19.4. The molecule has 0 fully saturated rings. The lowest BCUT2D eigenvalue weighted by molar-refractivity contribution is 0.101. The van der Waals surface area contributed by atoms with Gasteiger partial charge in [-0.3, -0.25) is 14.4 Å². The van der Waals surface area contributed by atoms with E-state index in [-0.39, 0.29) is 17.9 Å². The van der Waals surface area contributed by atoms with Gasteiger partial charge in [-0.15, -0.1) is 0 Å². The van der Waals surface area contributed by atoms with E-state index in [2.05, 4.69) is 5.32 Å². The molecule has 2 aromatic carbocycles. The summed E-state index contributed by atoms with van der Waals surface area (Å²) in [4.78, 5) is 36.5. The Hall–Kier alpha value is -3.18. The van der Waals surface area contributed by atoms with Crippen molar-refractivity contribution in [3.63, 3.8) is 0 Å². The predicted molar refractivity (Wildman–Crippen MR) is 106 cm³/mol. The van der Waals surface area contributed by atoms with Gasteiger partial charge in [-0.05, 0) is 36.8 Å². The van der Waals surface area contributed by atoms with Crippen LogP contribution in [0.4, 0.5) is 5.69 Å². The Morgan fingerprint density at radius 1 is 1.00 bits per heavy atom. The van der Waals surface area contributed by atoms with E-state index in [9.17, 15) is 14.4 Å².